The van der Waals surface area contributed by atoms with Gasteiger partial charge in [-0.15, -0.1) is 0 Å². The van der Waals surface area contributed by atoms with Gasteiger partial charge in [-0.1, -0.05) is 43.3 Å². The molecule has 0 fully saturated rings. The van der Waals surface area contributed by atoms with Gasteiger partial charge in [-0.3, -0.25) is 0 Å². The van der Waals surface area contributed by atoms with Crippen LogP contribution in [0.1, 0.15) is 24.2 Å². The van der Waals surface area contributed by atoms with Crippen molar-refractivity contribution in [1.82, 2.24) is 0 Å². The van der Waals surface area contributed by atoms with Gasteiger partial charge >= 0.3 is 0 Å². The first-order valence-corrected chi connectivity index (χ1v) is 4.24. The minimum Gasteiger partial charge on any atom is -0.388 e. The monoisotopic (exact) mass is 160 g/mol. The van der Waals surface area contributed by atoms with E-state index in [9.17, 15) is 5.11 Å². The van der Waals surface area contributed by atoms with Crippen LogP contribution >= 0.6 is 0 Å². The molecular weight excluding hydrogens is 148 g/mol. The molecule has 0 aromatic heterocycles. The number of hydrogen-bond donors (Lipinski definition) is 1. The summed E-state index contributed by atoms with van der Waals surface area (Å²) >= 11 is 0. The van der Waals surface area contributed by atoms with Gasteiger partial charge < -0.3 is 5.11 Å². The van der Waals surface area contributed by atoms with Gasteiger partial charge in [0, 0.05) is 5.92 Å². The molecule has 1 aromatic carbocycles. The van der Waals surface area contributed by atoms with Crippen molar-refractivity contribution in [1.29, 1.82) is 0 Å². The van der Waals surface area contributed by atoms with E-state index in [0.29, 0.717) is 0 Å². The highest BCUT2D eigenvalue weighted by Crippen LogP contribution is 2.31. The number of rotatable bonds is 0. The molecule has 0 radical (unpaired) electrons. The van der Waals surface area contributed by atoms with Crippen LogP contribution in [0.5, 0.6) is 0 Å². The number of fused-ring (bicyclic) bond motifs is 1. The molecule has 1 N–H and O–H groups in total. The molecule has 0 bridgehead atoms. The Morgan fingerprint density at radius 2 is 2.00 bits per heavy atom. The van der Waals surface area contributed by atoms with Crippen molar-refractivity contribution in [3.8, 4) is 0 Å². The van der Waals surface area contributed by atoms with E-state index in [-0.39, 0.29) is 12.0 Å². The van der Waals surface area contributed by atoms with Crippen LogP contribution in [0.4, 0.5) is 0 Å². The molecule has 1 aliphatic rings. The standard InChI is InChI=1S/C11H12O/c1-8-6-7-9-4-2-3-5-10(9)11(8)12/h2-8,11-12H,1H3/t8-,11-/m0/s1. The Kier molecular flexibility index (Phi) is 1.74. The highest BCUT2D eigenvalue weighted by atomic mass is 16.3. The summed E-state index contributed by atoms with van der Waals surface area (Å²) in [5, 5.41) is 9.78. The molecule has 0 aliphatic heterocycles. The van der Waals surface area contributed by atoms with Gasteiger partial charge in [0.2, 0.25) is 0 Å². The summed E-state index contributed by atoms with van der Waals surface area (Å²) in [6.45, 7) is 2.02. The minimum absolute atomic E-state index is 0.236. The molecule has 1 nitrogen and oxygen atoms in total. The Balaban J connectivity index is 2.52. The van der Waals surface area contributed by atoms with Crippen LogP contribution < -0.4 is 0 Å². The second-order valence-electron chi connectivity index (χ2n) is 3.29. The normalized spacial score (nSPS) is 26.8. The molecule has 1 heteroatoms. The lowest BCUT2D eigenvalue weighted by Crippen LogP contribution is -2.11. The van der Waals surface area contributed by atoms with E-state index >= 15 is 0 Å². The fraction of sp³-hybridized carbons (Fsp3) is 0.273. The van der Waals surface area contributed by atoms with Crippen molar-refractivity contribution in [2.45, 2.75) is 13.0 Å². The summed E-state index contributed by atoms with van der Waals surface area (Å²) in [5.74, 6) is 0.236. The lowest BCUT2D eigenvalue weighted by molar-refractivity contribution is 0.138. The van der Waals surface area contributed by atoms with Crippen molar-refractivity contribution in [3.63, 3.8) is 0 Å². The second-order valence-corrected chi connectivity index (χ2v) is 3.29. The maximum atomic E-state index is 9.78. The summed E-state index contributed by atoms with van der Waals surface area (Å²) in [7, 11) is 0. The number of benzene rings is 1. The number of aliphatic hydroxyl groups is 1. The lowest BCUT2D eigenvalue weighted by Gasteiger charge is -2.22. The Labute approximate surface area is 72.4 Å². The van der Waals surface area contributed by atoms with Crippen LogP contribution in [0.3, 0.4) is 0 Å². The highest BCUT2D eigenvalue weighted by molar-refractivity contribution is 5.57. The Hall–Kier alpha value is -1.08. The molecule has 0 heterocycles. The van der Waals surface area contributed by atoms with Crippen molar-refractivity contribution in [3.05, 3.63) is 41.5 Å². The van der Waals surface area contributed by atoms with Gasteiger partial charge in [0.25, 0.3) is 0 Å². The molecule has 0 unspecified atom stereocenters. The average molecular weight is 160 g/mol. The quantitative estimate of drug-likeness (QED) is 0.617. The largest absolute Gasteiger partial charge is 0.388 e. The predicted molar refractivity (Wildman–Crippen MR) is 49.6 cm³/mol. The van der Waals surface area contributed by atoms with Gasteiger partial charge in [-0.2, -0.15) is 0 Å². The van der Waals surface area contributed by atoms with E-state index in [1.165, 1.54) is 0 Å². The SMILES string of the molecule is C[C@H]1C=Cc2ccccc2[C@H]1O. The molecule has 62 valence electrons. The third kappa shape index (κ3) is 1.07. The van der Waals surface area contributed by atoms with Gasteiger partial charge in [-0.05, 0) is 11.1 Å². The molecule has 0 saturated carbocycles. The fourth-order valence-electron chi connectivity index (χ4n) is 1.58. The van der Waals surface area contributed by atoms with Crippen molar-refractivity contribution >= 4 is 6.08 Å². The molecule has 0 spiro atoms. The van der Waals surface area contributed by atoms with E-state index in [1.807, 2.05) is 37.3 Å². The first kappa shape index (κ1) is 7.56. The van der Waals surface area contributed by atoms with Crippen LogP contribution in [-0.4, -0.2) is 5.11 Å². The summed E-state index contributed by atoms with van der Waals surface area (Å²) in [5.41, 5.74) is 2.19. The fourth-order valence-corrected chi connectivity index (χ4v) is 1.58. The average Bonchev–Trinajstić information content (AvgIpc) is 2.12. The molecule has 2 atom stereocenters. The smallest absolute Gasteiger partial charge is 0.0855 e. The van der Waals surface area contributed by atoms with E-state index in [2.05, 4.69) is 6.08 Å². The zero-order valence-electron chi connectivity index (χ0n) is 7.07. The molecular formula is C11H12O. The van der Waals surface area contributed by atoms with Gasteiger partial charge in [-0.25, -0.2) is 0 Å². The Bertz CT molecular complexity index is 315. The van der Waals surface area contributed by atoms with Crippen LogP contribution in [0.15, 0.2) is 30.3 Å². The van der Waals surface area contributed by atoms with Crippen molar-refractivity contribution in [2.75, 3.05) is 0 Å². The third-order valence-corrected chi connectivity index (χ3v) is 2.39. The van der Waals surface area contributed by atoms with Gasteiger partial charge in [0.15, 0.2) is 0 Å². The third-order valence-electron chi connectivity index (χ3n) is 2.39. The maximum absolute atomic E-state index is 9.78. The zero-order chi connectivity index (χ0) is 8.55. The minimum atomic E-state index is -0.328. The van der Waals surface area contributed by atoms with Crippen LogP contribution in [-0.2, 0) is 0 Å². The molecule has 0 saturated heterocycles. The predicted octanol–water partition coefficient (Wildman–Crippen LogP) is 2.38. The van der Waals surface area contributed by atoms with Gasteiger partial charge in [0.1, 0.15) is 0 Å². The van der Waals surface area contributed by atoms with Crippen LogP contribution in [0.25, 0.3) is 6.08 Å². The molecule has 0 amide bonds. The number of hydrogen-bond acceptors (Lipinski definition) is 1. The van der Waals surface area contributed by atoms with Crippen LogP contribution in [0, 0.1) is 5.92 Å². The first-order valence-electron chi connectivity index (χ1n) is 4.24. The van der Waals surface area contributed by atoms with E-state index < -0.39 is 0 Å². The topological polar surface area (TPSA) is 20.2 Å². The van der Waals surface area contributed by atoms with E-state index in [4.69, 9.17) is 0 Å². The van der Waals surface area contributed by atoms with Crippen LogP contribution in [0.2, 0.25) is 0 Å². The number of aliphatic hydroxyl groups excluding tert-OH is 1. The highest BCUT2D eigenvalue weighted by Gasteiger charge is 2.19. The van der Waals surface area contributed by atoms with E-state index in [0.717, 1.165) is 11.1 Å². The summed E-state index contributed by atoms with van der Waals surface area (Å²) < 4.78 is 0. The summed E-state index contributed by atoms with van der Waals surface area (Å²) in [6.07, 6.45) is 3.80. The Morgan fingerprint density at radius 3 is 2.83 bits per heavy atom. The zero-order valence-corrected chi connectivity index (χ0v) is 7.07. The van der Waals surface area contributed by atoms with Gasteiger partial charge in [0.05, 0.1) is 6.10 Å². The lowest BCUT2D eigenvalue weighted by atomic mass is 9.88. The molecule has 12 heavy (non-hydrogen) atoms. The molecule has 1 aromatic rings. The molecule has 2 rings (SSSR count). The molecule has 1 aliphatic carbocycles. The van der Waals surface area contributed by atoms with E-state index in [1.54, 1.807) is 0 Å². The maximum Gasteiger partial charge on any atom is 0.0855 e. The summed E-state index contributed by atoms with van der Waals surface area (Å²) in [6, 6.07) is 7.97. The summed E-state index contributed by atoms with van der Waals surface area (Å²) in [4.78, 5) is 0. The first-order chi connectivity index (χ1) is 5.79. The second kappa shape index (κ2) is 2.76. The van der Waals surface area contributed by atoms with Crippen molar-refractivity contribution in [2.24, 2.45) is 5.92 Å². The Morgan fingerprint density at radius 1 is 1.25 bits per heavy atom. The van der Waals surface area contributed by atoms with Crippen molar-refractivity contribution < 1.29 is 5.11 Å².